The molecule has 2 heterocycles. The van der Waals surface area contributed by atoms with Crippen LogP contribution in [0, 0.1) is 15.5 Å². The van der Waals surface area contributed by atoms with E-state index in [1.165, 1.54) is 24.3 Å². The molecule has 154 valence electrons. The highest BCUT2D eigenvalue weighted by Crippen LogP contribution is 2.37. The number of rotatable bonds is 5. The van der Waals surface area contributed by atoms with Crippen molar-refractivity contribution in [3.8, 4) is 11.5 Å². The van der Waals surface area contributed by atoms with E-state index >= 15 is 0 Å². The van der Waals surface area contributed by atoms with E-state index in [1.54, 1.807) is 17.0 Å². The van der Waals surface area contributed by atoms with Gasteiger partial charge in [-0.3, -0.25) is 15.5 Å². The summed E-state index contributed by atoms with van der Waals surface area (Å²) in [4.78, 5) is 23.8. The first-order chi connectivity index (χ1) is 14.3. The van der Waals surface area contributed by atoms with Crippen LogP contribution in [-0.4, -0.2) is 58.1 Å². The number of carboxylic acid groups (broad SMARTS) is 1. The van der Waals surface area contributed by atoms with Crippen LogP contribution >= 0.6 is 0 Å². The maximum absolute atomic E-state index is 11.8. The number of non-ortho nitro benzene ring substituents is 1. The number of ether oxygens (including phenoxy) is 1. The maximum Gasteiger partial charge on any atom is 0.522 e. The Hall–Kier alpha value is -3.60. The highest BCUT2D eigenvalue weighted by molar-refractivity contribution is 6.44. The summed E-state index contributed by atoms with van der Waals surface area (Å²) in [5.41, 5.74) is 1.09. The molecule has 2 aliphatic heterocycles. The Bertz CT molecular complexity index is 1020. The van der Waals surface area contributed by atoms with Crippen molar-refractivity contribution in [1.82, 2.24) is 4.90 Å². The van der Waals surface area contributed by atoms with E-state index in [9.17, 15) is 25.0 Å². The molecule has 2 aliphatic rings. The van der Waals surface area contributed by atoms with Gasteiger partial charge in [-0.15, -0.1) is 0 Å². The Balaban J connectivity index is 1.44. The molecule has 2 aromatic carbocycles. The average molecular weight is 411 g/mol. The van der Waals surface area contributed by atoms with E-state index in [4.69, 9.17) is 14.8 Å². The van der Waals surface area contributed by atoms with Gasteiger partial charge in [-0.25, -0.2) is 4.79 Å². The van der Waals surface area contributed by atoms with Gasteiger partial charge in [0, 0.05) is 17.7 Å². The number of hydrogen-bond donors (Lipinski definition) is 3. The summed E-state index contributed by atoms with van der Waals surface area (Å²) in [7, 11) is -1.05. The second-order valence-corrected chi connectivity index (χ2v) is 7.14. The molecule has 11 heteroatoms. The minimum absolute atomic E-state index is 0.0442. The quantitative estimate of drug-likeness (QED) is 0.222. The molecule has 0 unspecified atom stereocenters. The molecule has 1 saturated heterocycles. The summed E-state index contributed by atoms with van der Waals surface area (Å²) >= 11 is 0. The summed E-state index contributed by atoms with van der Waals surface area (Å²) in [5, 5.41) is 38.3. The van der Waals surface area contributed by atoms with Crippen molar-refractivity contribution in [3.63, 3.8) is 0 Å². The van der Waals surface area contributed by atoms with E-state index in [0.29, 0.717) is 37.0 Å². The van der Waals surface area contributed by atoms with E-state index in [-0.39, 0.29) is 34.7 Å². The van der Waals surface area contributed by atoms with Gasteiger partial charge >= 0.3 is 13.1 Å². The monoisotopic (exact) mass is 411 g/mol. The van der Waals surface area contributed by atoms with E-state index in [0.717, 1.165) is 0 Å². The fourth-order valence-electron chi connectivity index (χ4n) is 3.51. The van der Waals surface area contributed by atoms with Gasteiger partial charge in [-0.2, -0.15) is 0 Å². The summed E-state index contributed by atoms with van der Waals surface area (Å²) in [6, 6.07) is 9.05. The molecule has 0 aromatic heterocycles. The summed E-state index contributed by atoms with van der Waals surface area (Å²) in [6.07, 6.45) is 0.586. The third kappa shape index (κ3) is 3.66. The lowest BCUT2D eigenvalue weighted by Crippen LogP contribution is -2.56. The maximum atomic E-state index is 11.8. The second-order valence-electron chi connectivity index (χ2n) is 7.14. The largest absolute Gasteiger partial charge is 0.535 e. The normalized spacial score (nSPS) is 15.6. The van der Waals surface area contributed by atoms with Crippen LogP contribution in [0.3, 0.4) is 0 Å². The zero-order valence-electron chi connectivity index (χ0n) is 15.8. The van der Waals surface area contributed by atoms with Crippen LogP contribution in [0.2, 0.25) is 6.32 Å². The van der Waals surface area contributed by atoms with E-state index in [2.05, 4.69) is 0 Å². The Kier molecular flexibility index (Phi) is 5.04. The van der Waals surface area contributed by atoms with Gasteiger partial charge in [0.25, 0.3) is 5.69 Å². The number of hydrogen-bond acceptors (Lipinski definition) is 7. The van der Waals surface area contributed by atoms with Gasteiger partial charge in [-0.1, -0.05) is 6.07 Å². The molecule has 0 aliphatic carbocycles. The van der Waals surface area contributed by atoms with E-state index in [1.807, 2.05) is 0 Å². The van der Waals surface area contributed by atoms with Gasteiger partial charge < -0.3 is 24.4 Å². The van der Waals surface area contributed by atoms with Gasteiger partial charge in [0.15, 0.2) is 0 Å². The van der Waals surface area contributed by atoms with Crippen molar-refractivity contribution in [2.75, 3.05) is 13.1 Å². The molecule has 4 rings (SSSR count). The number of nitrogens with zero attached hydrogens (tertiary/aromatic N) is 2. The summed E-state index contributed by atoms with van der Waals surface area (Å²) in [5.74, 6) is -0.707. The molecule has 0 amide bonds. The smallest absolute Gasteiger partial charge is 0.522 e. The molecule has 0 atom stereocenters. The predicted molar refractivity (Wildman–Crippen MR) is 106 cm³/mol. The van der Waals surface area contributed by atoms with Crippen LogP contribution in [0.25, 0.3) is 0 Å². The second kappa shape index (κ2) is 7.67. The minimum atomic E-state index is -1.20. The molecular formula is C19H18BN3O7. The molecule has 0 saturated carbocycles. The number of nitro benzene ring substituents is 1. The zero-order valence-corrected chi connectivity index (χ0v) is 15.8. The number of benzene rings is 2. The molecule has 2 aromatic rings. The van der Waals surface area contributed by atoms with Gasteiger partial charge in [-0.05, 0) is 36.5 Å². The van der Waals surface area contributed by atoms with Crippen LogP contribution in [0.4, 0.5) is 5.69 Å². The van der Waals surface area contributed by atoms with Crippen molar-refractivity contribution in [2.45, 2.75) is 18.8 Å². The molecular weight excluding hydrogens is 393 g/mol. The number of amidine groups is 1. The molecule has 1 fully saturated rings. The molecule has 0 spiro atoms. The average Bonchev–Trinajstić information content (AvgIpc) is 2.69. The minimum Gasteiger partial charge on any atom is -0.535 e. The van der Waals surface area contributed by atoms with Crippen LogP contribution < -0.4 is 9.39 Å². The molecule has 0 radical (unpaired) electrons. The molecule has 3 N–H and O–H groups in total. The predicted octanol–water partition coefficient (Wildman–Crippen LogP) is 1.80. The fourth-order valence-corrected chi connectivity index (χ4v) is 3.51. The lowest BCUT2D eigenvalue weighted by Gasteiger charge is -2.41. The number of nitro groups is 1. The Labute approximate surface area is 171 Å². The van der Waals surface area contributed by atoms with Gasteiger partial charge in [0.1, 0.15) is 29.0 Å². The topological polar surface area (TPSA) is 146 Å². The molecule has 10 nitrogen and oxygen atoms in total. The van der Waals surface area contributed by atoms with Crippen molar-refractivity contribution in [1.29, 1.82) is 5.41 Å². The first-order valence-electron chi connectivity index (χ1n) is 9.32. The van der Waals surface area contributed by atoms with Crippen molar-refractivity contribution < 1.29 is 29.2 Å². The number of likely N-dealkylation sites (tertiary alicyclic amines) is 1. The highest BCUT2D eigenvalue weighted by Gasteiger charge is 2.34. The Morgan fingerprint density at radius 2 is 1.97 bits per heavy atom. The standard InChI is InChI=1S/C19H18BN3O7/c21-18(12-1-4-13(5-2-12)23(27)28)22-9-14(10-22)29-15-6-3-11-7-8-20(26)30-17(11)16(15)19(24)25/h1-6,14,21,26H,7-10H2,(H,24,25). The lowest BCUT2D eigenvalue weighted by molar-refractivity contribution is -0.384. The first kappa shape index (κ1) is 19.7. The first-order valence-corrected chi connectivity index (χ1v) is 9.32. The van der Waals surface area contributed by atoms with Gasteiger partial charge in [0.05, 0.1) is 18.0 Å². The third-order valence-electron chi connectivity index (χ3n) is 5.14. The highest BCUT2D eigenvalue weighted by atomic mass is 16.6. The fraction of sp³-hybridized carbons (Fsp3) is 0.263. The molecule has 30 heavy (non-hydrogen) atoms. The summed E-state index contributed by atoms with van der Waals surface area (Å²) in [6.45, 7) is 0.741. The van der Waals surface area contributed by atoms with Crippen molar-refractivity contribution >= 4 is 24.6 Å². The van der Waals surface area contributed by atoms with Crippen LogP contribution in [0.1, 0.15) is 21.5 Å². The van der Waals surface area contributed by atoms with Crippen LogP contribution in [0.15, 0.2) is 36.4 Å². The number of carbonyl (C=O) groups is 1. The van der Waals surface area contributed by atoms with Crippen LogP contribution in [-0.2, 0) is 6.42 Å². The number of aryl methyl sites for hydroxylation is 1. The van der Waals surface area contributed by atoms with Gasteiger partial charge in [0.2, 0.25) is 0 Å². The Morgan fingerprint density at radius 1 is 1.27 bits per heavy atom. The lowest BCUT2D eigenvalue weighted by atomic mass is 9.78. The van der Waals surface area contributed by atoms with Crippen LogP contribution in [0.5, 0.6) is 11.5 Å². The number of carboxylic acids is 1. The SMILES string of the molecule is N=C(c1ccc([N+](=O)[O-])cc1)N1CC(Oc2ccc3c(c2C(=O)O)OB(O)CC3)C1. The summed E-state index contributed by atoms with van der Waals surface area (Å²) < 4.78 is 11.2. The zero-order chi connectivity index (χ0) is 21.4. The number of fused-ring (bicyclic) bond motifs is 1. The van der Waals surface area contributed by atoms with Crippen molar-refractivity contribution in [3.05, 3.63) is 63.2 Å². The third-order valence-corrected chi connectivity index (χ3v) is 5.14. The van der Waals surface area contributed by atoms with Crippen molar-refractivity contribution in [2.24, 2.45) is 0 Å². The number of nitrogens with one attached hydrogen (secondary N) is 1. The Morgan fingerprint density at radius 3 is 2.60 bits per heavy atom. The molecule has 0 bridgehead atoms. The van der Waals surface area contributed by atoms with E-state index < -0.39 is 18.0 Å². The number of aromatic carboxylic acids is 1.